The zero-order valence-electron chi connectivity index (χ0n) is 13.6. The summed E-state index contributed by atoms with van der Waals surface area (Å²) in [4.78, 5) is 10.4. The third-order valence-corrected chi connectivity index (χ3v) is 6.53. The van der Waals surface area contributed by atoms with Crippen LogP contribution in [0, 0.1) is 27.9 Å². The number of nitro groups is 1. The van der Waals surface area contributed by atoms with Crippen LogP contribution >= 0.6 is 0 Å². The van der Waals surface area contributed by atoms with Crippen LogP contribution in [0.5, 0.6) is 0 Å². The van der Waals surface area contributed by atoms with E-state index in [1.807, 2.05) is 6.07 Å². The van der Waals surface area contributed by atoms with Crippen LogP contribution in [0.3, 0.4) is 0 Å². The summed E-state index contributed by atoms with van der Waals surface area (Å²) < 4.78 is 6.29. The molecule has 4 nitrogen and oxygen atoms in total. The summed E-state index contributed by atoms with van der Waals surface area (Å²) in [6.45, 7) is 0. The van der Waals surface area contributed by atoms with E-state index in [4.69, 9.17) is 4.42 Å². The van der Waals surface area contributed by atoms with E-state index in [1.165, 1.54) is 38.5 Å². The molecule has 24 heavy (non-hydrogen) atoms. The fourth-order valence-electron chi connectivity index (χ4n) is 5.94. The molecule has 0 spiro atoms. The second-order valence-corrected chi connectivity index (χ2v) is 8.17. The van der Waals surface area contributed by atoms with Crippen LogP contribution in [0.2, 0.25) is 0 Å². The topological polar surface area (TPSA) is 56.3 Å². The van der Waals surface area contributed by atoms with Gasteiger partial charge in [-0.25, -0.2) is 0 Å². The van der Waals surface area contributed by atoms with Gasteiger partial charge in [-0.3, -0.25) is 10.1 Å². The van der Waals surface area contributed by atoms with Gasteiger partial charge >= 0.3 is 0 Å². The molecule has 4 aliphatic rings. The predicted octanol–water partition coefficient (Wildman–Crippen LogP) is 5.32. The first-order chi connectivity index (χ1) is 11.6. The molecule has 4 bridgehead atoms. The van der Waals surface area contributed by atoms with Gasteiger partial charge in [0.05, 0.1) is 4.92 Å². The molecule has 2 aromatic rings. The summed E-state index contributed by atoms with van der Waals surface area (Å²) in [5, 5.41) is 10.8. The molecule has 0 unspecified atom stereocenters. The Morgan fingerprint density at radius 3 is 2.04 bits per heavy atom. The molecule has 1 heterocycles. The van der Waals surface area contributed by atoms with E-state index in [0.717, 1.165) is 34.8 Å². The molecule has 6 rings (SSSR count). The van der Waals surface area contributed by atoms with Crippen LogP contribution in [-0.2, 0) is 5.41 Å². The van der Waals surface area contributed by atoms with Gasteiger partial charge in [-0.05, 0) is 80.5 Å². The zero-order valence-corrected chi connectivity index (χ0v) is 13.6. The maximum absolute atomic E-state index is 10.8. The lowest BCUT2D eigenvalue weighted by molar-refractivity contribution is -0.384. The average molecular weight is 323 g/mol. The van der Waals surface area contributed by atoms with Gasteiger partial charge in [0, 0.05) is 23.1 Å². The molecular formula is C20H21NO3. The van der Waals surface area contributed by atoms with Crippen LogP contribution in [0.25, 0.3) is 11.3 Å². The van der Waals surface area contributed by atoms with E-state index >= 15 is 0 Å². The maximum atomic E-state index is 10.8. The van der Waals surface area contributed by atoms with Crippen molar-refractivity contribution >= 4 is 5.69 Å². The highest BCUT2D eigenvalue weighted by atomic mass is 16.6. The van der Waals surface area contributed by atoms with Gasteiger partial charge in [-0.1, -0.05) is 0 Å². The largest absolute Gasteiger partial charge is 0.461 e. The van der Waals surface area contributed by atoms with E-state index < -0.39 is 0 Å². The van der Waals surface area contributed by atoms with E-state index in [2.05, 4.69) is 6.07 Å². The lowest BCUT2D eigenvalue weighted by Gasteiger charge is -2.55. The van der Waals surface area contributed by atoms with Crippen molar-refractivity contribution in [2.45, 2.75) is 43.9 Å². The van der Waals surface area contributed by atoms with E-state index in [9.17, 15) is 10.1 Å². The van der Waals surface area contributed by atoms with Crippen molar-refractivity contribution in [3.05, 3.63) is 52.3 Å². The monoisotopic (exact) mass is 323 g/mol. The number of benzene rings is 1. The highest BCUT2D eigenvalue weighted by Gasteiger charge is 2.53. The molecule has 0 amide bonds. The molecule has 0 radical (unpaired) electrons. The summed E-state index contributed by atoms with van der Waals surface area (Å²) in [6.07, 6.45) is 8.13. The Balaban J connectivity index is 1.46. The van der Waals surface area contributed by atoms with Crippen molar-refractivity contribution in [3.8, 4) is 11.3 Å². The molecule has 124 valence electrons. The van der Waals surface area contributed by atoms with Crippen molar-refractivity contribution in [1.82, 2.24) is 0 Å². The molecule has 4 heteroatoms. The number of nitrogens with zero attached hydrogens (tertiary/aromatic N) is 1. The molecule has 4 saturated carbocycles. The minimum Gasteiger partial charge on any atom is -0.461 e. The standard InChI is InChI=1S/C20H21NO3/c22-21(23)17-3-1-16(2-4-17)18-5-6-19(24-18)20-10-13-7-14(11-20)9-15(8-13)12-20/h1-6,13-15H,7-12H2. The van der Waals surface area contributed by atoms with Crippen LogP contribution in [-0.4, -0.2) is 4.92 Å². The van der Waals surface area contributed by atoms with Crippen LogP contribution in [0.15, 0.2) is 40.8 Å². The van der Waals surface area contributed by atoms with E-state index in [-0.39, 0.29) is 16.0 Å². The van der Waals surface area contributed by atoms with Crippen molar-refractivity contribution < 1.29 is 9.34 Å². The molecule has 0 N–H and O–H groups in total. The van der Waals surface area contributed by atoms with Gasteiger partial charge < -0.3 is 4.42 Å². The fourth-order valence-corrected chi connectivity index (χ4v) is 5.94. The summed E-state index contributed by atoms with van der Waals surface area (Å²) in [5.41, 5.74) is 1.29. The van der Waals surface area contributed by atoms with Gasteiger partial charge in [0.2, 0.25) is 0 Å². The molecule has 0 saturated heterocycles. The lowest BCUT2D eigenvalue weighted by atomic mass is 9.49. The Bertz CT molecular complexity index is 754. The quantitative estimate of drug-likeness (QED) is 0.567. The highest BCUT2D eigenvalue weighted by molar-refractivity contribution is 5.59. The Labute approximate surface area is 141 Å². The average Bonchev–Trinajstić information content (AvgIpc) is 3.04. The Morgan fingerprint density at radius 1 is 0.917 bits per heavy atom. The highest BCUT2D eigenvalue weighted by Crippen LogP contribution is 2.61. The van der Waals surface area contributed by atoms with Gasteiger partial charge in [-0.15, -0.1) is 0 Å². The second kappa shape index (κ2) is 4.95. The molecule has 4 fully saturated rings. The molecular weight excluding hydrogens is 302 g/mol. The van der Waals surface area contributed by atoms with Crippen molar-refractivity contribution in [2.75, 3.05) is 0 Å². The molecule has 0 atom stereocenters. The van der Waals surface area contributed by atoms with Crippen LogP contribution in [0.1, 0.15) is 44.3 Å². The Kier molecular flexibility index (Phi) is 2.94. The number of furan rings is 1. The van der Waals surface area contributed by atoms with Crippen LogP contribution < -0.4 is 0 Å². The third kappa shape index (κ3) is 2.12. The maximum Gasteiger partial charge on any atom is 0.269 e. The van der Waals surface area contributed by atoms with Gasteiger partial charge in [-0.2, -0.15) is 0 Å². The van der Waals surface area contributed by atoms with Gasteiger partial charge in [0.15, 0.2) is 0 Å². The number of non-ortho nitro benzene ring substituents is 1. The molecule has 0 aliphatic heterocycles. The van der Waals surface area contributed by atoms with Crippen molar-refractivity contribution in [1.29, 1.82) is 0 Å². The summed E-state index contributed by atoms with van der Waals surface area (Å²) in [6, 6.07) is 10.8. The number of nitro benzene ring substituents is 1. The summed E-state index contributed by atoms with van der Waals surface area (Å²) in [7, 11) is 0. The summed E-state index contributed by atoms with van der Waals surface area (Å²) in [5.74, 6) is 4.66. The summed E-state index contributed by atoms with van der Waals surface area (Å²) >= 11 is 0. The smallest absolute Gasteiger partial charge is 0.269 e. The number of hydrogen-bond donors (Lipinski definition) is 0. The minimum absolute atomic E-state index is 0.117. The number of rotatable bonds is 3. The van der Waals surface area contributed by atoms with Gasteiger partial charge in [0.25, 0.3) is 5.69 Å². The zero-order chi connectivity index (χ0) is 16.3. The second-order valence-electron chi connectivity index (χ2n) is 8.17. The molecule has 1 aromatic heterocycles. The first kappa shape index (κ1) is 14.3. The van der Waals surface area contributed by atoms with Crippen molar-refractivity contribution in [2.24, 2.45) is 17.8 Å². The normalized spacial score (nSPS) is 33.8. The minimum atomic E-state index is -0.368. The fraction of sp³-hybridized carbons (Fsp3) is 0.500. The first-order valence-corrected chi connectivity index (χ1v) is 8.96. The van der Waals surface area contributed by atoms with Crippen molar-refractivity contribution in [3.63, 3.8) is 0 Å². The van der Waals surface area contributed by atoms with E-state index in [0.29, 0.717) is 0 Å². The lowest BCUT2D eigenvalue weighted by Crippen LogP contribution is -2.48. The van der Waals surface area contributed by atoms with Gasteiger partial charge in [0.1, 0.15) is 11.5 Å². The Morgan fingerprint density at radius 2 is 1.50 bits per heavy atom. The first-order valence-electron chi connectivity index (χ1n) is 8.96. The molecule has 4 aliphatic carbocycles. The molecule has 1 aromatic carbocycles. The third-order valence-electron chi connectivity index (χ3n) is 6.53. The Hall–Kier alpha value is -2.10. The predicted molar refractivity (Wildman–Crippen MR) is 90.6 cm³/mol. The number of hydrogen-bond acceptors (Lipinski definition) is 3. The van der Waals surface area contributed by atoms with E-state index in [1.54, 1.807) is 24.3 Å². The van der Waals surface area contributed by atoms with Crippen LogP contribution in [0.4, 0.5) is 5.69 Å². The SMILES string of the molecule is O=[N+]([O-])c1ccc(-c2ccc(C34CC5CC(CC(C5)C3)C4)o2)cc1.